The van der Waals surface area contributed by atoms with Crippen molar-refractivity contribution in [3.05, 3.63) is 125 Å². The molecule has 2 nitrogen and oxygen atoms in total. The number of imidazole rings is 1. The normalized spacial score (nSPS) is 10.4. The average molecular weight is 431 g/mol. The third-order valence-corrected chi connectivity index (χ3v) is 5.42. The van der Waals surface area contributed by atoms with Gasteiger partial charge in [-0.1, -0.05) is 96.2 Å². The maximum atomic E-state index is 6.10. The number of aromatic amines is 1. The van der Waals surface area contributed by atoms with Gasteiger partial charge < -0.3 is 4.98 Å². The molecule has 5 aromatic rings. The molecule has 0 amide bonds. The van der Waals surface area contributed by atoms with Crippen LogP contribution in [0.25, 0.3) is 33.9 Å². The number of aromatic nitrogens is 2. The molecule has 3 heteroatoms. The van der Waals surface area contributed by atoms with Crippen LogP contribution >= 0.6 is 11.6 Å². The van der Waals surface area contributed by atoms with Crippen molar-refractivity contribution in [3.63, 3.8) is 0 Å². The first-order valence-electron chi connectivity index (χ1n) is 10.4. The first-order chi connectivity index (χ1) is 15.8. The first-order valence-corrected chi connectivity index (χ1v) is 10.7. The third-order valence-electron chi connectivity index (χ3n) is 5.17. The van der Waals surface area contributed by atoms with Gasteiger partial charge >= 0.3 is 0 Å². The molecule has 0 atom stereocenters. The Labute approximate surface area is 192 Å². The van der Waals surface area contributed by atoms with Gasteiger partial charge in [-0.2, -0.15) is 0 Å². The number of H-pyrrole nitrogens is 1. The molecule has 1 heterocycles. The van der Waals surface area contributed by atoms with Gasteiger partial charge in [-0.25, -0.2) is 4.98 Å². The summed E-state index contributed by atoms with van der Waals surface area (Å²) in [5, 5.41) is 0.710. The fraction of sp³-hybridized carbons (Fsp3) is 0. The van der Waals surface area contributed by atoms with Crippen molar-refractivity contribution >= 4 is 11.6 Å². The van der Waals surface area contributed by atoms with E-state index in [0.717, 1.165) is 45.0 Å². The van der Waals surface area contributed by atoms with Gasteiger partial charge in [0.05, 0.1) is 11.4 Å². The van der Waals surface area contributed by atoms with Crippen LogP contribution in [-0.4, -0.2) is 9.97 Å². The lowest BCUT2D eigenvalue weighted by Gasteiger charge is -2.03. The minimum Gasteiger partial charge on any atom is -0.337 e. The van der Waals surface area contributed by atoms with E-state index in [9.17, 15) is 0 Å². The predicted octanol–water partition coefficient (Wildman–Crippen LogP) is 7.46. The van der Waals surface area contributed by atoms with Crippen molar-refractivity contribution in [3.8, 4) is 45.7 Å². The van der Waals surface area contributed by atoms with Crippen molar-refractivity contribution < 1.29 is 0 Å². The molecule has 32 heavy (non-hydrogen) atoms. The molecule has 0 aliphatic rings. The zero-order valence-corrected chi connectivity index (χ0v) is 18.0. The van der Waals surface area contributed by atoms with Crippen molar-refractivity contribution in [1.82, 2.24) is 9.97 Å². The van der Waals surface area contributed by atoms with Crippen LogP contribution in [0.2, 0.25) is 5.02 Å². The summed E-state index contributed by atoms with van der Waals surface area (Å²) < 4.78 is 0. The van der Waals surface area contributed by atoms with Gasteiger partial charge in [-0.05, 0) is 36.4 Å². The highest BCUT2D eigenvalue weighted by Crippen LogP contribution is 2.33. The summed E-state index contributed by atoms with van der Waals surface area (Å²) in [6.07, 6.45) is 0. The Hall–Kier alpha value is -4.06. The summed E-state index contributed by atoms with van der Waals surface area (Å²) in [6, 6.07) is 36.1. The van der Waals surface area contributed by atoms with Crippen LogP contribution in [0.5, 0.6) is 0 Å². The molecule has 0 saturated heterocycles. The highest BCUT2D eigenvalue weighted by atomic mass is 35.5. The molecular weight excluding hydrogens is 412 g/mol. The second kappa shape index (κ2) is 8.98. The van der Waals surface area contributed by atoms with Crippen LogP contribution < -0.4 is 0 Å². The Bertz CT molecular complexity index is 1390. The lowest BCUT2D eigenvalue weighted by molar-refractivity contribution is 1.31. The van der Waals surface area contributed by atoms with Gasteiger partial charge in [-0.15, -0.1) is 0 Å². The molecule has 4 aromatic carbocycles. The van der Waals surface area contributed by atoms with Gasteiger partial charge in [0.15, 0.2) is 0 Å². The molecule has 152 valence electrons. The largest absolute Gasteiger partial charge is 0.337 e. The molecule has 1 N–H and O–H groups in total. The number of rotatable bonds is 3. The third kappa shape index (κ3) is 4.34. The van der Waals surface area contributed by atoms with E-state index < -0.39 is 0 Å². The number of nitrogens with zero attached hydrogens (tertiary/aromatic N) is 1. The van der Waals surface area contributed by atoms with E-state index in [-0.39, 0.29) is 0 Å². The maximum absolute atomic E-state index is 6.10. The van der Waals surface area contributed by atoms with E-state index in [1.165, 1.54) is 0 Å². The molecule has 0 fully saturated rings. The second-order valence-electron chi connectivity index (χ2n) is 7.38. The Kier molecular flexibility index (Phi) is 5.58. The van der Waals surface area contributed by atoms with E-state index >= 15 is 0 Å². The minimum atomic E-state index is 0.710. The first kappa shape index (κ1) is 19.9. The predicted molar refractivity (Wildman–Crippen MR) is 132 cm³/mol. The van der Waals surface area contributed by atoms with E-state index in [1.807, 2.05) is 97.1 Å². The van der Waals surface area contributed by atoms with Crippen molar-refractivity contribution in [2.75, 3.05) is 0 Å². The topological polar surface area (TPSA) is 28.7 Å². The van der Waals surface area contributed by atoms with E-state index in [4.69, 9.17) is 16.6 Å². The van der Waals surface area contributed by atoms with Gasteiger partial charge in [0.25, 0.3) is 0 Å². The van der Waals surface area contributed by atoms with Crippen molar-refractivity contribution in [2.45, 2.75) is 0 Å². The van der Waals surface area contributed by atoms with Gasteiger partial charge in [0.2, 0.25) is 0 Å². The van der Waals surface area contributed by atoms with Crippen LogP contribution in [0.15, 0.2) is 109 Å². The molecule has 0 bridgehead atoms. The van der Waals surface area contributed by atoms with Gasteiger partial charge in [-0.3, -0.25) is 0 Å². The fourth-order valence-electron chi connectivity index (χ4n) is 3.52. The Morgan fingerprint density at radius 3 is 1.78 bits per heavy atom. The molecule has 5 rings (SSSR count). The number of nitrogens with one attached hydrogen (secondary N) is 1. The number of halogens is 1. The monoisotopic (exact) mass is 430 g/mol. The van der Waals surface area contributed by atoms with Crippen LogP contribution in [0, 0.1) is 11.8 Å². The Balaban J connectivity index is 1.51. The highest BCUT2D eigenvalue weighted by Gasteiger charge is 2.15. The molecule has 0 spiro atoms. The highest BCUT2D eigenvalue weighted by molar-refractivity contribution is 6.30. The van der Waals surface area contributed by atoms with E-state index in [2.05, 4.69) is 29.0 Å². The summed E-state index contributed by atoms with van der Waals surface area (Å²) in [4.78, 5) is 8.47. The summed E-state index contributed by atoms with van der Waals surface area (Å²) in [6.45, 7) is 0. The molecule has 0 saturated carbocycles. The second-order valence-corrected chi connectivity index (χ2v) is 7.81. The SMILES string of the molecule is Clc1ccc(-c2[nH]c(-c3ccc(C#Cc4ccccc4)cc3)nc2-c2ccccc2)cc1. The lowest BCUT2D eigenvalue weighted by Crippen LogP contribution is -1.83. The minimum absolute atomic E-state index is 0.710. The van der Waals surface area contributed by atoms with Crippen molar-refractivity contribution in [2.24, 2.45) is 0 Å². The molecule has 0 aliphatic carbocycles. The van der Waals surface area contributed by atoms with E-state index in [1.54, 1.807) is 0 Å². The number of benzene rings is 4. The van der Waals surface area contributed by atoms with Gasteiger partial charge in [0, 0.05) is 32.8 Å². The summed E-state index contributed by atoms with van der Waals surface area (Å²) in [5.74, 6) is 7.23. The summed E-state index contributed by atoms with van der Waals surface area (Å²) >= 11 is 6.10. The molecular formula is C29H19ClN2. The Morgan fingerprint density at radius 2 is 1.12 bits per heavy atom. The zero-order valence-electron chi connectivity index (χ0n) is 17.2. The van der Waals surface area contributed by atoms with Crippen LogP contribution in [0.1, 0.15) is 11.1 Å². The summed E-state index contributed by atoms with van der Waals surface area (Å²) in [5.41, 5.74) is 6.95. The van der Waals surface area contributed by atoms with Crippen molar-refractivity contribution in [1.29, 1.82) is 0 Å². The smallest absolute Gasteiger partial charge is 0.138 e. The maximum Gasteiger partial charge on any atom is 0.138 e. The average Bonchev–Trinajstić information content (AvgIpc) is 3.30. The molecule has 0 radical (unpaired) electrons. The standard InChI is InChI=1S/C29H19ClN2/c30-26-19-17-24(18-20-26)28-27(23-9-5-2-6-10-23)31-29(32-28)25-15-13-22(14-16-25)12-11-21-7-3-1-4-8-21/h1-10,13-20H,(H,31,32). The zero-order chi connectivity index (χ0) is 21.8. The quantitative estimate of drug-likeness (QED) is 0.295. The van der Waals surface area contributed by atoms with E-state index in [0.29, 0.717) is 5.02 Å². The molecule has 1 aromatic heterocycles. The lowest BCUT2D eigenvalue weighted by atomic mass is 10.1. The fourth-order valence-corrected chi connectivity index (χ4v) is 3.64. The Morgan fingerprint density at radius 1 is 0.562 bits per heavy atom. The number of hydrogen-bond donors (Lipinski definition) is 1. The summed E-state index contributed by atoms with van der Waals surface area (Å²) in [7, 11) is 0. The number of hydrogen-bond acceptors (Lipinski definition) is 1. The van der Waals surface area contributed by atoms with Crippen LogP contribution in [0.4, 0.5) is 0 Å². The molecule has 0 unspecified atom stereocenters. The van der Waals surface area contributed by atoms with Crippen LogP contribution in [0.3, 0.4) is 0 Å². The van der Waals surface area contributed by atoms with Gasteiger partial charge in [0.1, 0.15) is 5.82 Å². The molecule has 0 aliphatic heterocycles. The van der Waals surface area contributed by atoms with Crippen LogP contribution in [-0.2, 0) is 0 Å².